The summed E-state index contributed by atoms with van der Waals surface area (Å²) in [5, 5.41) is 0. The lowest BCUT2D eigenvalue weighted by atomic mass is 10.4. The highest BCUT2D eigenvalue weighted by molar-refractivity contribution is 5.86. The van der Waals surface area contributed by atoms with Crippen molar-refractivity contribution in [2.75, 3.05) is 0 Å². The molecule has 16 heavy (non-hydrogen) atoms. The number of ether oxygens (including phenoxy) is 1. The molecule has 1 rings (SSSR count). The van der Waals surface area contributed by atoms with Crippen LogP contribution in [0, 0.1) is 6.92 Å². The minimum absolute atomic E-state index is 0.160. The number of aromatic nitrogens is 2. The quantitative estimate of drug-likeness (QED) is 0.433. The van der Waals surface area contributed by atoms with Crippen molar-refractivity contribution < 1.29 is 9.53 Å². The molecule has 1 aromatic heterocycles. The molecule has 0 N–H and O–H groups in total. The van der Waals surface area contributed by atoms with Crippen LogP contribution in [-0.2, 0) is 22.7 Å². The second kappa shape index (κ2) is 5.30. The minimum atomic E-state index is -0.397. The normalized spacial score (nSPS) is 9.88. The number of nitrogens with zero attached hydrogens (tertiary/aromatic N) is 2. The van der Waals surface area contributed by atoms with E-state index in [0.29, 0.717) is 17.9 Å². The summed E-state index contributed by atoms with van der Waals surface area (Å²) in [6.45, 7) is 11.6. The smallest absolute Gasteiger partial charge is 0.333 e. The largest absolute Gasteiger partial charge is 0.454 e. The Kier molecular flexibility index (Phi) is 4.05. The molecule has 0 amide bonds. The lowest BCUT2D eigenvalue weighted by Crippen LogP contribution is -2.10. The van der Waals surface area contributed by atoms with Gasteiger partial charge in [-0.2, -0.15) is 0 Å². The van der Waals surface area contributed by atoms with Gasteiger partial charge in [0, 0.05) is 24.0 Å². The van der Waals surface area contributed by atoms with Gasteiger partial charge >= 0.3 is 5.97 Å². The summed E-state index contributed by atoms with van der Waals surface area (Å²) >= 11 is 0. The van der Waals surface area contributed by atoms with Crippen LogP contribution in [0.2, 0.25) is 0 Å². The molecule has 4 heteroatoms. The fourth-order valence-corrected chi connectivity index (χ4v) is 1.26. The third-order valence-corrected chi connectivity index (χ3v) is 2.13. The van der Waals surface area contributed by atoms with Crippen molar-refractivity contribution in [2.45, 2.75) is 27.0 Å². The van der Waals surface area contributed by atoms with E-state index in [9.17, 15) is 4.79 Å². The first kappa shape index (κ1) is 12.2. The van der Waals surface area contributed by atoms with Crippen LogP contribution in [0.15, 0.2) is 31.0 Å². The maximum absolute atomic E-state index is 11.2. The first-order valence-corrected chi connectivity index (χ1v) is 5.00. The van der Waals surface area contributed by atoms with Gasteiger partial charge in [-0.15, -0.1) is 6.58 Å². The third kappa shape index (κ3) is 2.82. The molecule has 0 radical (unpaired) electrons. The van der Waals surface area contributed by atoms with Gasteiger partial charge in [0.1, 0.15) is 12.4 Å². The second-order valence-electron chi connectivity index (χ2n) is 3.57. The van der Waals surface area contributed by atoms with Crippen LogP contribution >= 0.6 is 0 Å². The number of carbonyl (C=O) groups is 1. The van der Waals surface area contributed by atoms with Crippen molar-refractivity contribution in [3.8, 4) is 0 Å². The van der Waals surface area contributed by atoms with Gasteiger partial charge in [0.25, 0.3) is 0 Å². The van der Waals surface area contributed by atoms with Crippen LogP contribution in [0.25, 0.3) is 0 Å². The Hall–Kier alpha value is -1.84. The fourth-order valence-electron chi connectivity index (χ4n) is 1.26. The lowest BCUT2D eigenvalue weighted by Gasteiger charge is -2.08. The van der Waals surface area contributed by atoms with Gasteiger partial charge in [0.2, 0.25) is 0 Å². The predicted molar refractivity (Wildman–Crippen MR) is 61.8 cm³/mol. The summed E-state index contributed by atoms with van der Waals surface area (Å²) in [5.74, 6) is 0.317. The topological polar surface area (TPSA) is 44.1 Å². The summed E-state index contributed by atoms with van der Waals surface area (Å²) < 4.78 is 6.98. The van der Waals surface area contributed by atoms with E-state index in [1.54, 1.807) is 19.2 Å². The van der Waals surface area contributed by atoms with Crippen LogP contribution in [0.4, 0.5) is 0 Å². The van der Waals surface area contributed by atoms with Gasteiger partial charge in [0.05, 0.1) is 0 Å². The Balaban J connectivity index is 2.70. The molecule has 0 atom stereocenters. The van der Waals surface area contributed by atoms with Gasteiger partial charge in [-0.05, 0) is 13.8 Å². The molecule has 1 aromatic rings. The summed E-state index contributed by atoms with van der Waals surface area (Å²) in [6, 6.07) is 0. The molecule has 0 aliphatic carbocycles. The van der Waals surface area contributed by atoms with E-state index < -0.39 is 5.97 Å². The predicted octanol–water partition coefficient (Wildman–Crippen LogP) is 2.00. The van der Waals surface area contributed by atoms with Gasteiger partial charge in [-0.25, -0.2) is 9.78 Å². The number of allylic oxidation sites excluding steroid dienone is 1. The van der Waals surface area contributed by atoms with Crippen molar-refractivity contribution in [3.05, 3.63) is 42.5 Å². The molecular weight excluding hydrogens is 204 g/mol. The average molecular weight is 220 g/mol. The molecule has 0 aliphatic rings. The van der Waals surface area contributed by atoms with Crippen molar-refractivity contribution in [1.82, 2.24) is 9.55 Å². The zero-order valence-corrected chi connectivity index (χ0v) is 9.69. The molecule has 86 valence electrons. The van der Waals surface area contributed by atoms with E-state index >= 15 is 0 Å². The Bertz CT molecular complexity index is 419. The van der Waals surface area contributed by atoms with Crippen molar-refractivity contribution >= 4 is 5.97 Å². The van der Waals surface area contributed by atoms with Crippen LogP contribution in [0.5, 0.6) is 0 Å². The van der Waals surface area contributed by atoms with Gasteiger partial charge in [0.15, 0.2) is 0 Å². The molecule has 1 heterocycles. The SMILES string of the molecule is C=CCn1c(C)cnc1COC(=O)C(=C)C. The highest BCUT2D eigenvalue weighted by Gasteiger charge is 2.09. The number of aryl methyl sites for hydroxylation is 1. The van der Waals surface area contributed by atoms with Crippen molar-refractivity contribution in [3.63, 3.8) is 0 Å². The van der Waals surface area contributed by atoms with Crippen molar-refractivity contribution in [2.24, 2.45) is 0 Å². The molecule has 0 aromatic carbocycles. The summed E-state index contributed by atoms with van der Waals surface area (Å²) in [5.41, 5.74) is 1.40. The van der Waals surface area contributed by atoms with Gasteiger partial charge in [-0.1, -0.05) is 12.7 Å². The van der Waals surface area contributed by atoms with E-state index in [-0.39, 0.29) is 6.61 Å². The molecule has 0 saturated heterocycles. The molecule has 0 bridgehead atoms. The highest BCUT2D eigenvalue weighted by atomic mass is 16.5. The molecule has 0 spiro atoms. The summed E-state index contributed by atoms with van der Waals surface area (Å²) in [6.07, 6.45) is 3.52. The molecule has 4 nitrogen and oxygen atoms in total. The maximum Gasteiger partial charge on any atom is 0.333 e. The van der Waals surface area contributed by atoms with Crippen LogP contribution in [0.1, 0.15) is 18.4 Å². The van der Waals surface area contributed by atoms with Crippen molar-refractivity contribution in [1.29, 1.82) is 0 Å². The first-order chi connectivity index (χ1) is 7.56. The van der Waals surface area contributed by atoms with Gasteiger partial charge in [-0.3, -0.25) is 0 Å². The molecule has 0 unspecified atom stereocenters. The zero-order chi connectivity index (χ0) is 12.1. The van der Waals surface area contributed by atoms with E-state index in [4.69, 9.17) is 4.74 Å². The Morgan fingerprint density at radius 3 is 2.94 bits per heavy atom. The van der Waals surface area contributed by atoms with E-state index in [0.717, 1.165) is 5.69 Å². The maximum atomic E-state index is 11.2. The third-order valence-electron chi connectivity index (χ3n) is 2.13. The number of hydrogen-bond acceptors (Lipinski definition) is 3. The molecule has 0 aliphatic heterocycles. The van der Waals surface area contributed by atoms with E-state index in [2.05, 4.69) is 18.1 Å². The van der Waals surface area contributed by atoms with Crippen LogP contribution in [-0.4, -0.2) is 15.5 Å². The lowest BCUT2D eigenvalue weighted by molar-refractivity contribution is -0.140. The Morgan fingerprint density at radius 1 is 1.69 bits per heavy atom. The molecular formula is C12H16N2O2. The zero-order valence-electron chi connectivity index (χ0n) is 9.69. The standard InChI is InChI=1S/C12H16N2O2/c1-5-6-14-10(4)7-13-11(14)8-16-12(15)9(2)3/h5,7H,1-2,6,8H2,3-4H3. The van der Waals surface area contributed by atoms with Gasteiger partial charge < -0.3 is 9.30 Å². The monoisotopic (exact) mass is 220 g/mol. The minimum Gasteiger partial charge on any atom is -0.454 e. The average Bonchev–Trinajstić information content (AvgIpc) is 2.58. The molecule has 0 saturated carbocycles. The van der Waals surface area contributed by atoms with E-state index in [1.165, 1.54) is 0 Å². The molecule has 0 fully saturated rings. The van der Waals surface area contributed by atoms with E-state index in [1.807, 2.05) is 11.5 Å². The fraction of sp³-hybridized carbons (Fsp3) is 0.333. The first-order valence-electron chi connectivity index (χ1n) is 5.00. The Labute approximate surface area is 95.3 Å². The highest BCUT2D eigenvalue weighted by Crippen LogP contribution is 2.07. The Morgan fingerprint density at radius 2 is 2.38 bits per heavy atom. The number of rotatable bonds is 5. The number of carbonyl (C=O) groups excluding carboxylic acids is 1. The number of hydrogen-bond donors (Lipinski definition) is 0. The summed E-state index contributed by atoms with van der Waals surface area (Å²) in [4.78, 5) is 15.4. The van der Waals surface area contributed by atoms with Crippen LogP contribution < -0.4 is 0 Å². The summed E-state index contributed by atoms with van der Waals surface area (Å²) in [7, 11) is 0. The number of esters is 1. The second-order valence-corrected chi connectivity index (χ2v) is 3.57. The number of imidazole rings is 1. The van der Waals surface area contributed by atoms with Crippen LogP contribution in [0.3, 0.4) is 0 Å².